The van der Waals surface area contributed by atoms with Gasteiger partial charge in [0.15, 0.2) is 0 Å². The van der Waals surface area contributed by atoms with E-state index < -0.39 is 0 Å². The zero-order valence-electron chi connectivity index (χ0n) is 10.7. The van der Waals surface area contributed by atoms with Gasteiger partial charge in [-0.25, -0.2) is 9.97 Å². The molecule has 17 heavy (non-hydrogen) atoms. The first-order valence-electron chi connectivity index (χ1n) is 5.97. The molecule has 0 atom stereocenters. The Morgan fingerprint density at radius 3 is 2.65 bits per heavy atom. The number of rotatable bonds is 6. The van der Waals surface area contributed by atoms with Gasteiger partial charge in [-0.15, -0.1) is 0 Å². The van der Waals surface area contributed by atoms with E-state index in [-0.39, 0.29) is 5.91 Å². The minimum atomic E-state index is -0.172. The van der Waals surface area contributed by atoms with Crippen molar-refractivity contribution in [3.05, 3.63) is 18.1 Å². The molecule has 5 nitrogen and oxygen atoms in total. The maximum absolute atomic E-state index is 11.5. The lowest BCUT2D eigenvalue weighted by atomic mass is 10.2. The van der Waals surface area contributed by atoms with Crippen LogP contribution in [0.25, 0.3) is 0 Å². The minimum absolute atomic E-state index is 0.172. The van der Waals surface area contributed by atoms with Gasteiger partial charge in [-0.2, -0.15) is 0 Å². The number of nitrogens with one attached hydrogen (secondary N) is 2. The summed E-state index contributed by atoms with van der Waals surface area (Å²) in [6.07, 6.45) is 3.99. The monoisotopic (exact) mass is 236 g/mol. The van der Waals surface area contributed by atoms with E-state index in [9.17, 15) is 4.79 Å². The Morgan fingerprint density at radius 1 is 1.35 bits per heavy atom. The second-order valence-electron chi connectivity index (χ2n) is 4.32. The Balaban J connectivity index is 2.52. The molecule has 0 spiro atoms. The Morgan fingerprint density at radius 2 is 2.12 bits per heavy atom. The summed E-state index contributed by atoms with van der Waals surface area (Å²) >= 11 is 0. The molecule has 0 unspecified atom stereocenters. The van der Waals surface area contributed by atoms with Gasteiger partial charge in [0, 0.05) is 13.1 Å². The highest BCUT2D eigenvalue weighted by Gasteiger charge is 2.06. The van der Waals surface area contributed by atoms with E-state index in [4.69, 9.17) is 0 Å². The molecule has 0 saturated carbocycles. The maximum atomic E-state index is 11.5. The quantitative estimate of drug-likeness (QED) is 0.788. The highest BCUT2D eigenvalue weighted by molar-refractivity contribution is 5.91. The normalized spacial score (nSPS) is 10.4. The summed E-state index contributed by atoms with van der Waals surface area (Å²) in [6.45, 7) is 7.74. The average Bonchev–Trinajstić information content (AvgIpc) is 2.34. The molecule has 0 aromatic carbocycles. The summed E-state index contributed by atoms with van der Waals surface area (Å²) in [7, 11) is 0. The summed E-state index contributed by atoms with van der Waals surface area (Å²) in [5.74, 6) is 1.07. The number of amides is 1. The summed E-state index contributed by atoms with van der Waals surface area (Å²) in [5, 5.41) is 5.90. The molecule has 0 aliphatic heterocycles. The number of anilines is 1. The van der Waals surface area contributed by atoms with Gasteiger partial charge in [0.05, 0.1) is 12.4 Å². The van der Waals surface area contributed by atoms with Gasteiger partial charge in [-0.3, -0.25) is 4.79 Å². The van der Waals surface area contributed by atoms with Crippen molar-refractivity contribution in [2.24, 2.45) is 5.92 Å². The molecule has 0 bridgehead atoms. The van der Waals surface area contributed by atoms with Crippen LogP contribution in [0.5, 0.6) is 0 Å². The summed E-state index contributed by atoms with van der Waals surface area (Å²) in [5.41, 5.74) is 0.355. The molecule has 1 heterocycles. The van der Waals surface area contributed by atoms with Crippen LogP contribution >= 0.6 is 0 Å². The van der Waals surface area contributed by atoms with Crippen LogP contribution in [0.1, 0.15) is 37.7 Å². The second-order valence-corrected chi connectivity index (χ2v) is 4.32. The lowest BCUT2D eigenvalue weighted by molar-refractivity contribution is 0.0948. The number of hydrogen-bond acceptors (Lipinski definition) is 4. The largest absolute Gasteiger partial charge is 0.369 e. The molecule has 0 fully saturated rings. The van der Waals surface area contributed by atoms with Crippen molar-refractivity contribution in [2.45, 2.75) is 27.2 Å². The van der Waals surface area contributed by atoms with Gasteiger partial charge >= 0.3 is 0 Å². The molecule has 1 rings (SSSR count). The number of nitrogens with zero attached hydrogens (tertiary/aromatic N) is 2. The fourth-order valence-electron chi connectivity index (χ4n) is 1.17. The third-order valence-electron chi connectivity index (χ3n) is 2.11. The van der Waals surface area contributed by atoms with Crippen LogP contribution in [-0.4, -0.2) is 29.0 Å². The van der Waals surface area contributed by atoms with Gasteiger partial charge in [0.1, 0.15) is 11.5 Å². The Labute approximate surface area is 102 Å². The molecule has 0 aliphatic rings. The first-order valence-corrected chi connectivity index (χ1v) is 5.97. The predicted molar refractivity (Wildman–Crippen MR) is 68.0 cm³/mol. The third-order valence-corrected chi connectivity index (χ3v) is 2.11. The van der Waals surface area contributed by atoms with Gasteiger partial charge in [0.25, 0.3) is 5.91 Å². The summed E-state index contributed by atoms with van der Waals surface area (Å²) < 4.78 is 0. The van der Waals surface area contributed by atoms with Gasteiger partial charge in [-0.1, -0.05) is 20.8 Å². The molecule has 1 aromatic rings. The van der Waals surface area contributed by atoms with E-state index in [1.54, 1.807) is 6.20 Å². The van der Waals surface area contributed by atoms with Crippen molar-refractivity contribution in [1.82, 2.24) is 15.3 Å². The Kier molecular flexibility index (Phi) is 5.39. The van der Waals surface area contributed by atoms with Crippen molar-refractivity contribution < 1.29 is 4.79 Å². The molecule has 0 saturated heterocycles. The zero-order chi connectivity index (χ0) is 12.7. The van der Waals surface area contributed by atoms with Crippen LogP contribution in [0, 0.1) is 5.92 Å². The minimum Gasteiger partial charge on any atom is -0.369 e. The van der Waals surface area contributed by atoms with Crippen molar-refractivity contribution in [3.8, 4) is 0 Å². The van der Waals surface area contributed by atoms with Crippen LogP contribution < -0.4 is 10.6 Å². The molecular formula is C12H20N4O. The van der Waals surface area contributed by atoms with Crippen molar-refractivity contribution in [2.75, 3.05) is 18.4 Å². The third kappa shape index (κ3) is 4.80. The summed E-state index contributed by atoms with van der Waals surface area (Å²) in [4.78, 5) is 19.8. The highest BCUT2D eigenvalue weighted by Crippen LogP contribution is 2.02. The lowest BCUT2D eigenvalue weighted by Crippen LogP contribution is -2.25. The molecule has 0 radical (unpaired) electrons. The lowest BCUT2D eigenvalue weighted by Gasteiger charge is -2.08. The van der Waals surface area contributed by atoms with E-state index >= 15 is 0 Å². The van der Waals surface area contributed by atoms with Crippen LogP contribution in [-0.2, 0) is 0 Å². The van der Waals surface area contributed by atoms with Crippen LogP contribution in [0.3, 0.4) is 0 Å². The van der Waals surface area contributed by atoms with E-state index in [0.29, 0.717) is 24.0 Å². The Hall–Kier alpha value is -1.65. The number of carbonyl (C=O) groups is 1. The van der Waals surface area contributed by atoms with Crippen molar-refractivity contribution in [1.29, 1.82) is 0 Å². The first kappa shape index (κ1) is 13.4. The van der Waals surface area contributed by atoms with E-state index in [2.05, 4.69) is 34.4 Å². The topological polar surface area (TPSA) is 66.9 Å². The fraction of sp³-hybridized carbons (Fsp3) is 0.583. The molecule has 2 N–H and O–H groups in total. The standard InChI is InChI=1S/C12H20N4O/c1-4-5-13-12(17)10-7-16-11(8-14-10)15-6-9(2)3/h7-9H,4-6H2,1-3H3,(H,13,17)(H,15,16). The van der Waals surface area contributed by atoms with E-state index in [0.717, 1.165) is 13.0 Å². The molecule has 5 heteroatoms. The number of aromatic nitrogens is 2. The van der Waals surface area contributed by atoms with Crippen LogP contribution in [0.4, 0.5) is 5.82 Å². The molecule has 1 aromatic heterocycles. The van der Waals surface area contributed by atoms with Gasteiger partial charge in [0.2, 0.25) is 0 Å². The summed E-state index contributed by atoms with van der Waals surface area (Å²) in [6, 6.07) is 0. The molecule has 1 amide bonds. The number of hydrogen-bond donors (Lipinski definition) is 2. The van der Waals surface area contributed by atoms with E-state index in [1.807, 2.05) is 6.92 Å². The predicted octanol–water partition coefficient (Wildman–Crippen LogP) is 1.68. The maximum Gasteiger partial charge on any atom is 0.271 e. The fourth-order valence-corrected chi connectivity index (χ4v) is 1.17. The van der Waals surface area contributed by atoms with Gasteiger partial charge in [-0.05, 0) is 12.3 Å². The van der Waals surface area contributed by atoms with Crippen molar-refractivity contribution in [3.63, 3.8) is 0 Å². The number of carbonyl (C=O) groups excluding carboxylic acids is 1. The zero-order valence-corrected chi connectivity index (χ0v) is 10.7. The molecular weight excluding hydrogens is 216 g/mol. The van der Waals surface area contributed by atoms with E-state index in [1.165, 1.54) is 6.20 Å². The smallest absolute Gasteiger partial charge is 0.271 e. The molecule has 94 valence electrons. The average molecular weight is 236 g/mol. The SMILES string of the molecule is CCCNC(=O)c1cnc(NCC(C)C)cn1. The second kappa shape index (κ2) is 6.83. The van der Waals surface area contributed by atoms with Crippen LogP contribution in [0.2, 0.25) is 0 Å². The van der Waals surface area contributed by atoms with Gasteiger partial charge < -0.3 is 10.6 Å². The molecule has 0 aliphatic carbocycles. The Bertz CT molecular complexity index is 348. The first-order chi connectivity index (χ1) is 8.13. The highest BCUT2D eigenvalue weighted by atomic mass is 16.1. The van der Waals surface area contributed by atoms with Crippen LogP contribution in [0.15, 0.2) is 12.4 Å². The van der Waals surface area contributed by atoms with Crippen molar-refractivity contribution >= 4 is 11.7 Å².